The number of hydrogen-bond donors (Lipinski definition) is 2. The molecule has 0 spiro atoms. The summed E-state index contributed by atoms with van der Waals surface area (Å²) in [5.41, 5.74) is 0.407. The number of H-pyrrole nitrogens is 1. The van der Waals surface area contributed by atoms with Crippen molar-refractivity contribution in [1.29, 1.82) is 0 Å². The highest BCUT2D eigenvalue weighted by Gasteiger charge is 2.26. The van der Waals surface area contributed by atoms with E-state index in [-0.39, 0.29) is 52.5 Å². The molecule has 0 atom stereocenters. The van der Waals surface area contributed by atoms with E-state index in [1.807, 2.05) is 4.72 Å². The van der Waals surface area contributed by atoms with E-state index in [4.69, 9.17) is 0 Å². The van der Waals surface area contributed by atoms with Crippen molar-refractivity contribution in [3.63, 3.8) is 0 Å². The van der Waals surface area contributed by atoms with E-state index in [0.717, 1.165) is 0 Å². The monoisotopic (exact) mass is 613 g/mol. The highest BCUT2D eigenvalue weighted by molar-refractivity contribution is 7.92. The van der Waals surface area contributed by atoms with Crippen LogP contribution in [0.25, 0.3) is 22.4 Å². The molecule has 2 heterocycles. The fraction of sp³-hybridized carbons (Fsp3) is 0.0417. The van der Waals surface area contributed by atoms with Crippen molar-refractivity contribution < 1.29 is 43.2 Å². The summed E-state index contributed by atoms with van der Waals surface area (Å²) in [4.78, 5) is 6.23. The number of halogens is 6. The Morgan fingerprint density at radius 3 is 1.93 bits per heavy atom. The van der Waals surface area contributed by atoms with E-state index < -0.39 is 70.3 Å². The van der Waals surface area contributed by atoms with Crippen LogP contribution < -0.4 is 4.72 Å². The van der Waals surface area contributed by atoms with Gasteiger partial charge in [-0.3, -0.25) is 9.82 Å². The second-order valence-corrected chi connectivity index (χ2v) is 12.1. The van der Waals surface area contributed by atoms with Crippen molar-refractivity contribution in [3.8, 4) is 11.3 Å². The van der Waals surface area contributed by atoms with Gasteiger partial charge in [-0.2, -0.15) is 5.10 Å². The second-order valence-electron chi connectivity index (χ2n) is 8.47. The molecule has 41 heavy (non-hydrogen) atoms. The topological polar surface area (TPSA) is 135 Å². The van der Waals surface area contributed by atoms with Crippen LogP contribution in [0.2, 0.25) is 0 Å². The molecule has 0 aliphatic carbocycles. The van der Waals surface area contributed by atoms with Gasteiger partial charge >= 0.3 is 0 Å². The number of benzene rings is 3. The van der Waals surface area contributed by atoms with Gasteiger partial charge in [-0.15, -0.1) is 0 Å². The fourth-order valence-electron chi connectivity index (χ4n) is 3.72. The van der Waals surface area contributed by atoms with Crippen LogP contribution in [0.3, 0.4) is 0 Å². The normalized spacial score (nSPS) is 12.1. The smallest absolute Gasteiger partial charge is 0.264 e. The molecule has 0 aliphatic heterocycles. The van der Waals surface area contributed by atoms with Crippen LogP contribution in [0.15, 0.2) is 64.5 Å². The molecule has 0 unspecified atom stereocenters. The average molecular weight is 614 g/mol. The van der Waals surface area contributed by atoms with Gasteiger partial charge in [-0.05, 0) is 18.2 Å². The standard InChI is InChI=1S/C24H13F6N5O4S2/c25-13-5-17(29)21(7-15(13)27)40(36,37)10-20-23-24(34-33-20)32-19(9-31-23)11-1-3-12(4-2-11)35-41(38,39)22-8-16(28)14(26)6-18(22)30/h1-9,35H,10H2,(H,32,33,34). The Morgan fingerprint density at radius 2 is 1.29 bits per heavy atom. The van der Waals surface area contributed by atoms with Crippen molar-refractivity contribution in [2.75, 3.05) is 4.72 Å². The van der Waals surface area contributed by atoms with Crippen molar-refractivity contribution in [2.24, 2.45) is 0 Å². The summed E-state index contributed by atoms with van der Waals surface area (Å²) < 4.78 is 134. The molecule has 3 aromatic carbocycles. The van der Waals surface area contributed by atoms with Crippen LogP contribution >= 0.6 is 0 Å². The molecule has 0 amide bonds. The lowest BCUT2D eigenvalue weighted by Crippen LogP contribution is -2.15. The molecule has 0 aliphatic rings. The summed E-state index contributed by atoms with van der Waals surface area (Å²) in [6, 6.07) is 6.03. The van der Waals surface area contributed by atoms with Crippen LogP contribution in [0.5, 0.6) is 0 Å². The van der Waals surface area contributed by atoms with Crippen molar-refractivity contribution in [2.45, 2.75) is 15.5 Å². The van der Waals surface area contributed by atoms with Crippen molar-refractivity contribution >= 4 is 36.7 Å². The van der Waals surface area contributed by atoms with Gasteiger partial charge in [0.15, 0.2) is 33.1 Å². The van der Waals surface area contributed by atoms with Crippen LogP contribution in [-0.4, -0.2) is 37.0 Å². The Hall–Kier alpha value is -4.51. The Kier molecular flexibility index (Phi) is 6.94. The van der Waals surface area contributed by atoms with Gasteiger partial charge in [0.05, 0.1) is 23.3 Å². The van der Waals surface area contributed by atoms with Gasteiger partial charge in [-0.25, -0.2) is 53.1 Å². The van der Waals surface area contributed by atoms with Crippen LogP contribution in [0.4, 0.5) is 32.0 Å². The van der Waals surface area contributed by atoms with E-state index in [0.29, 0.717) is 5.56 Å². The third kappa shape index (κ3) is 5.45. The third-order valence-corrected chi connectivity index (χ3v) is 8.73. The molecule has 212 valence electrons. The van der Waals surface area contributed by atoms with E-state index in [9.17, 15) is 43.2 Å². The Bertz CT molecular complexity index is 2050. The highest BCUT2D eigenvalue weighted by atomic mass is 32.2. The number of rotatable bonds is 7. The SMILES string of the molecule is O=S(=O)(Cc1[nH]nc2nc(-c3ccc(NS(=O)(=O)c4cc(F)c(F)cc4F)cc3)cnc12)c1cc(F)c(F)cc1F. The minimum absolute atomic E-state index is 0.00162. The molecule has 0 fully saturated rings. The van der Waals surface area contributed by atoms with Gasteiger partial charge in [0.2, 0.25) is 5.65 Å². The summed E-state index contributed by atoms with van der Waals surface area (Å²) in [5, 5.41) is 6.31. The van der Waals surface area contributed by atoms with Gasteiger partial charge in [0, 0.05) is 29.4 Å². The Balaban J connectivity index is 1.37. The zero-order valence-corrected chi connectivity index (χ0v) is 21.6. The minimum Gasteiger partial charge on any atom is -0.280 e. The first-order chi connectivity index (χ1) is 19.2. The molecule has 2 N–H and O–H groups in total. The number of sulfonamides is 1. The van der Waals surface area contributed by atoms with E-state index in [1.54, 1.807) is 0 Å². The average Bonchev–Trinajstić information content (AvgIpc) is 3.29. The maximum absolute atomic E-state index is 14.0. The van der Waals surface area contributed by atoms with Crippen molar-refractivity contribution in [1.82, 2.24) is 20.2 Å². The lowest BCUT2D eigenvalue weighted by atomic mass is 10.1. The van der Waals surface area contributed by atoms with E-state index in [1.165, 1.54) is 30.5 Å². The summed E-state index contributed by atoms with van der Waals surface area (Å²) in [7, 11) is -9.11. The second kappa shape index (κ2) is 10.2. The molecule has 0 radical (unpaired) electrons. The van der Waals surface area contributed by atoms with Gasteiger partial charge < -0.3 is 0 Å². The van der Waals surface area contributed by atoms with E-state index >= 15 is 0 Å². The third-order valence-electron chi connectivity index (χ3n) is 5.68. The molecule has 5 aromatic rings. The number of aromatic nitrogens is 4. The summed E-state index contributed by atoms with van der Waals surface area (Å²) in [6.45, 7) is 0. The number of hydrogen-bond acceptors (Lipinski definition) is 7. The number of nitrogens with one attached hydrogen (secondary N) is 2. The zero-order chi connectivity index (χ0) is 29.7. The highest BCUT2D eigenvalue weighted by Crippen LogP contribution is 2.27. The molecule has 17 heteroatoms. The number of sulfone groups is 1. The Morgan fingerprint density at radius 1 is 0.732 bits per heavy atom. The number of anilines is 1. The quantitative estimate of drug-likeness (QED) is 0.155. The molecule has 0 bridgehead atoms. The van der Waals surface area contributed by atoms with E-state index in [2.05, 4.69) is 20.2 Å². The maximum Gasteiger partial charge on any atom is 0.264 e. The summed E-state index contributed by atoms with van der Waals surface area (Å²) in [6.07, 6.45) is 1.24. The molecule has 5 rings (SSSR count). The van der Waals surface area contributed by atoms with Crippen LogP contribution in [0.1, 0.15) is 5.69 Å². The van der Waals surface area contributed by atoms with Crippen molar-refractivity contribution in [3.05, 3.63) is 95.3 Å². The molecule has 0 saturated heterocycles. The first-order valence-corrected chi connectivity index (χ1v) is 14.2. The van der Waals surface area contributed by atoms with Gasteiger partial charge in [0.25, 0.3) is 10.0 Å². The lowest BCUT2D eigenvalue weighted by molar-refractivity contribution is 0.482. The lowest BCUT2D eigenvalue weighted by Gasteiger charge is -2.10. The number of fused-ring (bicyclic) bond motifs is 1. The largest absolute Gasteiger partial charge is 0.280 e. The molecule has 9 nitrogen and oxygen atoms in total. The van der Waals surface area contributed by atoms with Crippen LogP contribution in [-0.2, 0) is 25.6 Å². The number of aromatic amines is 1. The molecule has 2 aromatic heterocycles. The summed E-state index contributed by atoms with van der Waals surface area (Å²) in [5.74, 6) is -10.0. The summed E-state index contributed by atoms with van der Waals surface area (Å²) >= 11 is 0. The zero-order valence-electron chi connectivity index (χ0n) is 20.0. The predicted octanol–water partition coefficient (Wildman–Crippen LogP) is 4.63. The van der Waals surface area contributed by atoms with Crippen LogP contribution in [0, 0.1) is 34.9 Å². The Labute approximate surface area is 226 Å². The van der Waals surface area contributed by atoms with Gasteiger partial charge in [0.1, 0.15) is 26.9 Å². The molecule has 0 saturated carbocycles. The first-order valence-electron chi connectivity index (χ1n) is 11.1. The minimum atomic E-state index is -4.61. The van der Waals surface area contributed by atoms with Gasteiger partial charge in [-0.1, -0.05) is 12.1 Å². The molecular formula is C24H13F6N5O4S2. The maximum atomic E-state index is 14.0. The molecular weight excluding hydrogens is 600 g/mol. The predicted molar refractivity (Wildman–Crippen MR) is 131 cm³/mol. The first kappa shape index (κ1) is 28.0. The number of nitrogens with zero attached hydrogens (tertiary/aromatic N) is 3. The fourth-order valence-corrected chi connectivity index (χ4v) is 6.23.